The van der Waals surface area contributed by atoms with Crippen LogP contribution in [-0.2, 0) is 6.54 Å². The molecule has 0 bridgehead atoms. The minimum Gasteiger partial charge on any atom is -0.384 e. The molecule has 0 saturated heterocycles. The molecule has 5 heteroatoms. The minimum absolute atomic E-state index is 0.261. The number of nitrogens with zero attached hydrogens (tertiary/aromatic N) is 1. The summed E-state index contributed by atoms with van der Waals surface area (Å²) in [5, 5.41) is 2.68. The number of nitrogens with two attached hydrogens (primary N) is 1. The van der Waals surface area contributed by atoms with Crippen molar-refractivity contribution in [2.24, 2.45) is 0 Å². The first kappa shape index (κ1) is 12.0. The maximum atomic E-state index is 12.7. The summed E-state index contributed by atoms with van der Waals surface area (Å²) in [5.74, 6) is -0.321. The first-order valence-corrected chi connectivity index (χ1v) is 5.40. The third kappa shape index (κ3) is 3.04. The Hall–Kier alpha value is -2.43. The predicted molar refractivity (Wildman–Crippen MR) is 66.2 cm³/mol. The van der Waals surface area contributed by atoms with E-state index in [1.807, 2.05) is 0 Å². The second kappa shape index (κ2) is 5.27. The molecule has 92 valence electrons. The second-order valence-electron chi connectivity index (χ2n) is 3.76. The molecule has 1 aromatic carbocycles. The van der Waals surface area contributed by atoms with E-state index in [4.69, 9.17) is 5.73 Å². The summed E-state index contributed by atoms with van der Waals surface area (Å²) in [6, 6.07) is 10.8. The highest BCUT2D eigenvalue weighted by Crippen LogP contribution is 2.04. The van der Waals surface area contributed by atoms with Gasteiger partial charge in [-0.2, -0.15) is 0 Å². The lowest BCUT2D eigenvalue weighted by molar-refractivity contribution is 0.0946. The summed E-state index contributed by atoms with van der Waals surface area (Å²) in [5.41, 5.74) is 6.56. The fourth-order valence-electron chi connectivity index (χ4n) is 1.45. The van der Waals surface area contributed by atoms with Gasteiger partial charge in [-0.15, -0.1) is 0 Å². The largest absolute Gasteiger partial charge is 0.384 e. The van der Waals surface area contributed by atoms with Gasteiger partial charge in [0.15, 0.2) is 0 Å². The molecule has 0 radical (unpaired) electrons. The molecule has 1 aromatic heterocycles. The number of carbonyl (C=O) groups excluding carboxylic acids is 1. The van der Waals surface area contributed by atoms with E-state index in [-0.39, 0.29) is 17.4 Å². The molecular weight excluding hydrogens is 233 g/mol. The number of hydrogen-bond donors (Lipinski definition) is 2. The molecule has 2 aromatic rings. The van der Waals surface area contributed by atoms with Crippen LogP contribution < -0.4 is 11.1 Å². The molecule has 0 unspecified atom stereocenters. The third-order valence-electron chi connectivity index (χ3n) is 2.37. The Kier molecular flexibility index (Phi) is 3.52. The van der Waals surface area contributed by atoms with Gasteiger partial charge in [0.1, 0.15) is 17.3 Å². The SMILES string of the molecule is Nc1cccc(C(=O)NCc2ccc(F)cc2)n1. The Balaban J connectivity index is 1.98. The lowest BCUT2D eigenvalue weighted by Crippen LogP contribution is -2.24. The number of amides is 1. The van der Waals surface area contributed by atoms with Gasteiger partial charge in [0.2, 0.25) is 0 Å². The van der Waals surface area contributed by atoms with Crippen molar-refractivity contribution in [3.8, 4) is 0 Å². The normalized spacial score (nSPS) is 10.1. The maximum Gasteiger partial charge on any atom is 0.270 e. The molecule has 18 heavy (non-hydrogen) atoms. The topological polar surface area (TPSA) is 68.0 Å². The summed E-state index contributed by atoms with van der Waals surface area (Å²) in [6.45, 7) is 0.315. The standard InChI is InChI=1S/C13H12FN3O/c14-10-6-4-9(5-7-10)8-16-13(18)11-2-1-3-12(15)17-11/h1-7H,8H2,(H2,15,17)(H,16,18). The molecule has 4 nitrogen and oxygen atoms in total. The fourth-order valence-corrected chi connectivity index (χ4v) is 1.45. The van der Waals surface area contributed by atoms with Gasteiger partial charge in [0.25, 0.3) is 5.91 Å². The first-order chi connectivity index (χ1) is 8.65. The zero-order chi connectivity index (χ0) is 13.0. The number of hydrogen-bond acceptors (Lipinski definition) is 3. The summed E-state index contributed by atoms with van der Waals surface area (Å²) in [7, 11) is 0. The Labute approximate surface area is 104 Å². The number of nitrogens with one attached hydrogen (secondary N) is 1. The third-order valence-corrected chi connectivity index (χ3v) is 2.37. The van der Waals surface area contributed by atoms with Crippen LogP contribution in [0.25, 0.3) is 0 Å². The summed E-state index contributed by atoms with van der Waals surface area (Å²) < 4.78 is 12.7. The molecule has 3 N–H and O–H groups in total. The highest BCUT2D eigenvalue weighted by molar-refractivity contribution is 5.92. The molecule has 2 rings (SSSR count). The molecule has 0 aliphatic carbocycles. The Morgan fingerprint density at radius 2 is 1.94 bits per heavy atom. The number of aromatic nitrogens is 1. The molecule has 0 saturated carbocycles. The minimum atomic E-state index is -0.313. The van der Waals surface area contributed by atoms with E-state index < -0.39 is 0 Å². The maximum absolute atomic E-state index is 12.7. The van der Waals surface area contributed by atoms with Gasteiger partial charge in [0, 0.05) is 6.54 Å². The number of halogens is 1. The van der Waals surface area contributed by atoms with Crippen LogP contribution in [0.2, 0.25) is 0 Å². The van der Waals surface area contributed by atoms with E-state index in [0.29, 0.717) is 12.4 Å². The molecule has 0 spiro atoms. The number of anilines is 1. The fraction of sp³-hybridized carbons (Fsp3) is 0.0769. The van der Waals surface area contributed by atoms with Crippen molar-refractivity contribution in [1.82, 2.24) is 10.3 Å². The van der Waals surface area contributed by atoms with Crippen molar-refractivity contribution in [2.75, 3.05) is 5.73 Å². The number of carbonyl (C=O) groups is 1. The van der Waals surface area contributed by atoms with Gasteiger partial charge in [-0.3, -0.25) is 4.79 Å². The van der Waals surface area contributed by atoms with E-state index in [1.165, 1.54) is 12.1 Å². The lowest BCUT2D eigenvalue weighted by atomic mass is 10.2. The average molecular weight is 245 g/mol. The van der Waals surface area contributed by atoms with Gasteiger partial charge in [-0.1, -0.05) is 18.2 Å². The van der Waals surface area contributed by atoms with E-state index in [0.717, 1.165) is 5.56 Å². The van der Waals surface area contributed by atoms with Crippen LogP contribution in [0.3, 0.4) is 0 Å². The van der Waals surface area contributed by atoms with Crippen LogP contribution in [0.1, 0.15) is 16.1 Å². The van der Waals surface area contributed by atoms with Crippen molar-refractivity contribution in [1.29, 1.82) is 0 Å². The van der Waals surface area contributed by atoms with Crippen LogP contribution in [-0.4, -0.2) is 10.9 Å². The summed E-state index contributed by atoms with van der Waals surface area (Å²) in [6.07, 6.45) is 0. The second-order valence-corrected chi connectivity index (χ2v) is 3.76. The van der Waals surface area contributed by atoms with E-state index in [2.05, 4.69) is 10.3 Å². The predicted octanol–water partition coefficient (Wildman–Crippen LogP) is 1.73. The van der Waals surface area contributed by atoms with Crippen LogP contribution >= 0.6 is 0 Å². The smallest absolute Gasteiger partial charge is 0.270 e. The van der Waals surface area contributed by atoms with Gasteiger partial charge in [-0.25, -0.2) is 9.37 Å². The number of pyridine rings is 1. The van der Waals surface area contributed by atoms with Gasteiger partial charge < -0.3 is 11.1 Å². The van der Waals surface area contributed by atoms with Crippen molar-refractivity contribution >= 4 is 11.7 Å². The van der Waals surface area contributed by atoms with Crippen molar-refractivity contribution in [3.63, 3.8) is 0 Å². The quantitative estimate of drug-likeness (QED) is 0.865. The highest BCUT2D eigenvalue weighted by atomic mass is 19.1. The van der Waals surface area contributed by atoms with Crippen LogP contribution in [0.15, 0.2) is 42.5 Å². The lowest BCUT2D eigenvalue weighted by Gasteiger charge is -2.05. The molecule has 0 aliphatic rings. The molecular formula is C13H12FN3O. The van der Waals surface area contributed by atoms with Crippen LogP contribution in [0, 0.1) is 5.82 Å². The van der Waals surface area contributed by atoms with E-state index in [9.17, 15) is 9.18 Å². The summed E-state index contributed by atoms with van der Waals surface area (Å²) in [4.78, 5) is 15.6. The number of benzene rings is 1. The van der Waals surface area contributed by atoms with Crippen molar-refractivity contribution in [2.45, 2.75) is 6.54 Å². The van der Waals surface area contributed by atoms with Crippen LogP contribution in [0.4, 0.5) is 10.2 Å². The van der Waals surface area contributed by atoms with Gasteiger partial charge in [0.05, 0.1) is 0 Å². The zero-order valence-electron chi connectivity index (χ0n) is 9.56. The summed E-state index contributed by atoms with van der Waals surface area (Å²) >= 11 is 0. The number of rotatable bonds is 3. The monoisotopic (exact) mass is 245 g/mol. The zero-order valence-corrected chi connectivity index (χ0v) is 9.56. The molecule has 1 heterocycles. The Morgan fingerprint density at radius 3 is 2.61 bits per heavy atom. The highest BCUT2D eigenvalue weighted by Gasteiger charge is 2.06. The van der Waals surface area contributed by atoms with Gasteiger partial charge in [-0.05, 0) is 29.8 Å². The first-order valence-electron chi connectivity index (χ1n) is 5.40. The van der Waals surface area contributed by atoms with Crippen molar-refractivity contribution in [3.05, 3.63) is 59.5 Å². The molecule has 0 aliphatic heterocycles. The van der Waals surface area contributed by atoms with E-state index in [1.54, 1.807) is 30.3 Å². The van der Waals surface area contributed by atoms with Gasteiger partial charge >= 0.3 is 0 Å². The van der Waals surface area contributed by atoms with E-state index >= 15 is 0 Å². The molecule has 0 fully saturated rings. The Morgan fingerprint density at radius 1 is 1.22 bits per heavy atom. The average Bonchev–Trinajstić information content (AvgIpc) is 2.38. The molecule has 0 atom stereocenters. The van der Waals surface area contributed by atoms with Crippen molar-refractivity contribution < 1.29 is 9.18 Å². The Bertz CT molecular complexity index is 554. The molecule has 1 amide bonds. The number of nitrogen functional groups attached to an aromatic ring is 1. The van der Waals surface area contributed by atoms with Crippen LogP contribution in [0.5, 0.6) is 0 Å².